The third-order valence-corrected chi connectivity index (χ3v) is 5.90. The van der Waals surface area contributed by atoms with Crippen LogP contribution in [0.4, 0.5) is 17.6 Å². The molecule has 0 aliphatic heterocycles. The van der Waals surface area contributed by atoms with Gasteiger partial charge in [0.1, 0.15) is 5.75 Å². The Hall–Kier alpha value is -3.40. The summed E-state index contributed by atoms with van der Waals surface area (Å²) >= 11 is 0.757. The Kier molecular flexibility index (Phi) is 7.30. The Morgan fingerprint density at radius 1 is 0.971 bits per heavy atom. The summed E-state index contributed by atoms with van der Waals surface area (Å²) in [6.07, 6.45) is -4.63. The largest absolute Gasteiger partial charge is 0.573 e. The zero-order valence-electron chi connectivity index (χ0n) is 18.3. The number of aryl methyl sites for hydroxylation is 1. The van der Waals surface area contributed by atoms with Crippen molar-refractivity contribution in [1.82, 2.24) is 0 Å². The van der Waals surface area contributed by atoms with Gasteiger partial charge in [0.15, 0.2) is 11.6 Å². The summed E-state index contributed by atoms with van der Waals surface area (Å²) in [5, 5.41) is 0.704. The van der Waals surface area contributed by atoms with Gasteiger partial charge in [-0.3, -0.25) is 0 Å². The van der Waals surface area contributed by atoms with Crippen molar-refractivity contribution in [3.63, 3.8) is 0 Å². The lowest BCUT2D eigenvalue weighted by Gasteiger charge is -2.14. The van der Waals surface area contributed by atoms with Crippen LogP contribution in [0.2, 0.25) is 0 Å². The summed E-state index contributed by atoms with van der Waals surface area (Å²) in [5.41, 5.74) is 0.496. The Bertz CT molecular complexity index is 1310. The molecule has 0 saturated heterocycles. The molecule has 3 aromatic rings. The van der Waals surface area contributed by atoms with Gasteiger partial charge in [-0.15, -0.1) is 24.5 Å². The predicted octanol–water partition coefficient (Wildman–Crippen LogP) is 6.63. The van der Waals surface area contributed by atoms with E-state index in [1.54, 1.807) is 6.07 Å². The lowest BCUT2D eigenvalue weighted by Crippen LogP contribution is -2.18. The number of halogens is 4. The Morgan fingerprint density at radius 3 is 2.21 bits per heavy atom. The quantitative estimate of drug-likeness (QED) is 0.115. The summed E-state index contributed by atoms with van der Waals surface area (Å²) in [6.45, 7) is 9.76. The van der Waals surface area contributed by atoms with Gasteiger partial charge in [0.25, 0.3) is 0 Å². The average Bonchev–Trinajstić information content (AvgIpc) is 3.13. The SMILES string of the molecule is C=C(C)C(=O)OCCCc1ccc2c(sc3c(F)c(OC(=O)C(=C)C)ccc32)c1OC(F)(F)F. The van der Waals surface area contributed by atoms with E-state index in [9.17, 15) is 22.8 Å². The lowest BCUT2D eigenvalue weighted by atomic mass is 10.0. The van der Waals surface area contributed by atoms with Gasteiger partial charge < -0.3 is 14.2 Å². The van der Waals surface area contributed by atoms with E-state index in [0.29, 0.717) is 10.8 Å². The van der Waals surface area contributed by atoms with E-state index < -0.39 is 29.9 Å². The molecule has 0 N–H and O–H groups in total. The Morgan fingerprint density at radius 2 is 1.59 bits per heavy atom. The summed E-state index contributed by atoms with van der Waals surface area (Å²) < 4.78 is 69.1. The van der Waals surface area contributed by atoms with Crippen LogP contribution in [0.25, 0.3) is 20.2 Å². The molecule has 0 amide bonds. The number of carbonyl (C=O) groups is 2. The van der Waals surface area contributed by atoms with E-state index in [1.807, 2.05) is 0 Å². The smallest absolute Gasteiger partial charge is 0.462 e. The number of hydrogen-bond donors (Lipinski definition) is 0. The van der Waals surface area contributed by atoms with E-state index in [0.717, 1.165) is 11.3 Å². The Balaban J connectivity index is 2.02. The summed E-state index contributed by atoms with van der Waals surface area (Å²) in [5.74, 6) is -3.10. The van der Waals surface area contributed by atoms with Gasteiger partial charge >= 0.3 is 18.3 Å². The molecule has 1 aromatic heterocycles. The number of rotatable bonds is 8. The van der Waals surface area contributed by atoms with Gasteiger partial charge in [0, 0.05) is 21.9 Å². The molecule has 3 rings (SSSR count). The first-order chi connectivity index (χ1) is 15.9. The predicted molar refractivity (Wildman–Crippen MR) is 121 cm³/mol. The maximum absolute atomic E-state index is 15.1. The standard InChI is InChI=1S/C24H20F4O5S/c1-12(2)22(29)31-11-5-6-14-7-8-16-15-9-10-17(32-23(30)13(3)4)18(25)20(15)34-21(16)19(14)33-24(26,27)28/h7-10H,1,3,5-6,11H2,2,4H3. The van der Waals surface area contributed by atoms with Crippen LogP contribution in [0.1, 0.15) is 25.8 Å². The van der Waals surface area contributed by atoms with Gasteiger partial charge in [-0.25, -0.2) is 14.0 Å². The fraction of sp³-hybridized carbons (Fsp3) is 0.250. The first kappa shape index (κ1) is 25.2. The minimum Gasteiger partial charge on any atom is -0.462 e. The van der Waals surface area contributed by atoms with Crippen molar-refractivity contribution in [2.24, 2.45) is 0 Å². The molecule has 34 heavy (non-hydrogen) atoms. The van der Waals surface area contributed by atoms with Gasteiger partial charge in [-0.1, -0.05) is 25.3 Å². The van der Waals surface area contributed by atoms with Crippen LogP contribution in [0.5, 0.6) is 11.5 Å². The van der Waals surface area contributed by atoms with Gasteiger partial charge in [-0.05, 0) is 44.4 Å². The highest BCUT2D eigenvalue weighted by molar-refractivity contribution is 7.26. The van der Waals surface area contributed by atoms with Gasteiger partial charge in [0.2, 0.25) is 0 Å². The molecule has 0 radical (unpaired) electrons. The van der Waals surface area contributed by atoms with Crippen LogP contribution < -0.4 is 9.47 Å². The average molecular weight is 496 g/mol. The van der Waals surface area contributed by atoms with E-state index >= 15 is 4.39 Å². The molecule has 2 aromatic carbocycles. The molecule has 0 aliphatic carbocycles. The maximum atomic E-state index is 15.1. The fourth-order valence-electron chi connectivity index (χ4n) is 3.11. The second-order valence-corrected chi connectivity index (χ2v) is 8.54. The molecule has 0 saturated carbocycles. The first-order valence-electron chi connectivity index (χ1n) is 10.0. The van der Waals surface area contributed by atoms with E-state index in [1.165, 1.54) is 32.0 Å². The fourth-order valence-corrected chi connectivity index (χ4v) is 4.35. The molecule has 180 valence electrons. The van der Waals surface area contributed by atoms with E-state index in [2.05, 4.69) is 17.9 Å². The van der Waals surface area contributed by atoms with Crippen LogP contribution >= 0.6 is 11.3 Å². The van der Waals surface area contributed by atoms with Crippen molar-refractivity contribution < 1.29 is 41.4 Å². The highest BCUT2D eigenvalue weighted by Crippen LogP contribution is 2.45. The maximum Gasteiger partial charge on any atom is 0.573 e. The van der Waals surface area contributed by atoms with Gasteiger partial charge in [0.05, 0.1) is 16.0 Å². The van der Waals surface area contributed by atoms with Gasteiger partial charge in [-0.2, -0.15) is 0 Å². The second kappa shape index (κ2) is 9.84. The third kappa shape index (κ3) is 5.56. The zero-order valence-corrected chi connectivity index (χ0v) is 19.1. The molecule has 0 fully saturated rings. The first-order valence-corrected chi connectivity index (χ1v) is 10.8. The summed E-state index contributed by atoms with van der Waals surface area (Å²) in [7, 11) is 0. The number of fused-ring (bicyclic) bond motifs is 3. The number of alkyl halides is 3. The van der Waals surface area contributed by atoms with Crippen LogP contribution in [-0.4, -0.2) is 24.9 Å². The molecule has 0 unspecified atom stereocenters. The normalized spacial score (nSPS) is 11.5. The van der Waals surface area contributed by atoms with Crippen molar-refractivity contribution in [2.45, 2.75) is 33.1 Å². The van der Waals surface area contributed by atoms with E-state index in [-0.39, 0.29) is 51.3 Å². The zero-order chi connectivity index (χ0) is 25.2. The number of thiophene rings is 1. The molecule has 0 bridgehead atoms. The number of hydrogen-bond acceptors (Lipinski definition) is 6. The molecule has 5 nitrogen and oxygen atoms in total. The van der Waals surface area contributed by atoms with E-state index in [4.69, 9.17) is 9.47 Å². The third-order valence-electron chi connectivity index (χ3n) is 4.69. The van der Waals surface area contributed by atoms with Crippen molar-refractivity contribution >= 4 is 43.4 Å². The lowest BCUT2D eigenvalue weighted by molar-refractivity contribution is -0.274. The second-order valence-electron chi connectivity index (χ2n) is 7.52. The monoisotopic (exact) mass is 496 g/mol. The molecule has 1 heterocycles. The molecule has 0 aliphatic rings. The van der Waals surface area contributed by atoms with Crippen LogP contribution in [0.15, 0.2) is 48.6 Å². The molecular weight excluding hydrogens is 476 g/mol. The number of carbonyl (C=O) groups excluding carboxylic acids is 2. The van der Waals surface area contributed by atoms with Crippen molar-refractivity contribution in [3.05, 3.63) is 60.0 Å². The molecule has 0 spiro atoms. The summed E-state index contributed by atoms with van der Waals surface area (Å²) in [6, 6.07) is 5.74. The molecular formula is C24H20F4O5S. The summed E-state index contributed by atoms with van der Waals surface area (Å²) in [4.78, 5) is 23.2. The highest BCUT2D eigenvalue weighted by Gasteiger charge is 2.33. The van der Waals surface area contributed by atoms with Crippen LogP contribution in [-0.2, 0) is 20.7 Å². The minimum absolute atomic E-state index is 0.0154. The van der Waals surface area contributed by atoms with Crippen molar-refractivity contribution in [3.8, 4) is 11.5 Å². The molecule has 0 atom stereocenters. The van der Waals surface area contributed by atoms with Crippen molar-refractivity contribution in [2.75, 3.05) is 6.61 Å². The van der Waals surface area contributed by atoms with Crippen LogP contribution in [0, 0.1) is 5.82 Å². The minimum atomic E-state index is -4.98. The number of ether oxygens (including phenoxy) is 3. The number of benzene rings is 2. The van der Waals surface area contributed by atoms with Crippen LogP contribution in [0.3, 0.4) is 0 Å². The highest BCUT2D eigenvalue weighted by atomic mass is 32.1. The topological polar surface area (TPSA) is 61.8 Å². The van der Waals surface area contributed by atoms with Crippen molar-refractivity contribution in [1.29, 1.82) is 0 Å². The molecule has 10 heteroatoms. The Labute approximate surface area is 196 Å². The number of esters is 2.